The molecule has 0 fully saturated rings. The van der Waals surface area contributed by atoms with Crippen LogP contribution in [0.2, 0.25) is 0 Å². The molecule has 1 aromatic carbocycles. The lowest BCUT2D eigenvalue weighted by Gasteiger charge is -2.05. The van der Waals surface area contributed by atoms with Gasteiger partial charge in [-0.2, -0.15) is 0 Å². The highest BCUT2D eigenvalue weighted by Gasteiger charge is 2.00. The van der Waals surface area contributed by atoms with Gasteiger partial charge in [-0.25, -0.2) is 0 Å². The zero-order chi connectivity index (χ0) is 12.1. The molecule has 2 aromatic rings. The smallest absolute Gasteiger partial charge is 0.0481 e. The van der Waals surface area contributed by atoms with Crippen LogP contribution in [0.25, 0.3) is 10.9 Å². The molecule has 0 unspecified atom stereocenters. The average molecular weight is 296 g/mol. The van der Waals surface area contributed by atoms with Crippen molar-refractivity contribution in [3.05, 3.63) is 34.9 Å². The van der Waals surface area contributed by atoms with E-state index in [4.69, 9.17) is 5.11 Å². The molecule has 0 aliphatic heterocycles. The van der Waals surface area contributed by atoms with Crippen LogP contribution < -0.4 is 0 Å². The second kappa shape index (κ2) is 6.22. The minimum atomic E-state index is 0.320. The van der Waals surface area contributed by atoms with Gasteiger partial charge in [0.15, 0.2) is 0 Å². The van der Waals surface area contributed by atoms with Crippen LogP contribution >= 0.6 is 15.9 Å². The van der Waals surface area contributed by atoms with Crippen molar-refractivity contribution in [3.63, 3.8) is 0 Å². The van der Waals surface area contributed by atoms with Crippen LogP contribution in [0.5, 0.6) is 0 Å². The Morgan fingerprint density at radius 1 is 1.06 bits per heavy atom. The lowest BCUT2D eigenvalue weighted by Crippen LogP contribution is -1.96. The highest BCUT2D eigenvalue weighted by atomic mass is 79.9. The van der Waals surface area contributed by atoms with Crippen LogP contribution in [0.3, 0.4) is 0 Å². The minimum Gasteiger partial charge on any atom is -0.396 e. The van der Waals surface area contributed by atoms with Gasteiger partial charge in [-0.05, 0) is 37.1 Å². The fraction of sp³-hybridized carbons (Fsp3) is 0.429. The molecule has 92 valence electrons. The number of aromatic nitrogens is 1. The molecule has 0 saturated heterocycles. The number of aliphatic hydroxyl groups excluding tert-OH is 1. The third-order valence-corrected chi connectivity index (χ3v) is 3.53. The summed E-state index contributed by atoms with van der Waals surface area (Å²) in [6.45, 7) is 1.39. The molecule has 1 aromatic heterocycles. The van der Waals surface area contributed by atoms with E-state index in [0.717, 1.165) is 23.9 Å². The summed E-state index contributed by atoms with van der Waals surface area (Å²) in [6, 6.07) is 8.56. The summed E-state index contributed by atoms with van der Waals surface area (Å²) in [5, 5.41) is 9.99. The molecule has 2 rings (SSSR count). The van der Waals surface area contributed by atoms with Crippen LogP contribution in [0, 0.1) is 0 Å². The van der Waals surface area contributed by atoms with E-state index >= 15 is 0 Å². The van der Waals surface area contributed by atoms with Crippen LogP contribution in [0.15, 0.2) is 34.9 Å². The van der Waals surface area contributed by atoms with Crippen molar-refractivity contribution in [3.8, 4) is 0 Å². The van der Waals surface area contributed by atoms with Crippen molar-refractivity contribution in [2.45, 2.75) is 32.2 Å². The highest BCUT2D eigenvalue weighted by molar-refractivity contribution is 9.10. The number of benzene rings is 1. The largest absolute Gasteiger partial charge is 0.396 e. The van der Waals surface area contributed by atoms with E-state index in [9.17, 15) is 0 Å². The summed E-state index contributed by atoms with van der Waals surface area (Å²) in [4.78, 5) is 0. The van der Waals surface area contributed by atoms with E-state index in [1.807, 2.05) is 0 Å². The number of aliphatic hydroxyl groups is 1. The number of aryl methyl sites for hydroxylation is 1. The van der Waals surface area contributed by atoms with E-state index in [-0.39, 0.29) is 0 Å². The van der Waals surface area contributed by atoms with Gasteiger partial charge in [0.25, 0.3) is 0 Å². The first-order valence-corrected chi connectivity index (χ1v) is 6.96. The number of hydrogen-bond donors (Lipinski definition) is 1. The Morgan fingerprint density at radius 3 is 2.71 bits per heavy atom. The average Bonchev–Trinajstić information content (AvgIpc) is 2.71. The molecule has 0 bridgehead atoms. The van der Waals surface area contributed by atoms with Gasteiger partial charge in [0.1, 0.15) is 0 Å². The monoisotopic (exact) mass is 295 g/mol. The molecule has 0 atom stereocenters. The standard InChI is InChI=1S/C14H18BrNO/c15-13-5-6-14-12(11-13)7-9-16(14)8-3-1-2-4-10-17/h5-7,9,11,17H,1-4,8,10H2. The fourth-order valence-electron chi connectivity index (χ4n) is 2.11. The Kier molecular flexibility index (Phi) is 4.63. The van der Waals surface area contributed by atoms with Crippen molar-refractivity contribution in [1.82, 2.24) is 4.57 Å². The van der Waals surface area contributed by atoms with Crippen molar-refractivity contribution in [1.29, 1.82) is 0 Å². The number of halogens is 1. The lowest BCUT2D eigenvalue weighted by molar-refractivity contribution is 0.282. The molecule has 1 N–H and O–H groups in total. The Hall–Kier alpha value is -0.800. The molecule has 0 amide bonds. The van der Waals surface area contributed by atoms with E-state index in [1.165, 1.54) is 23.7 Å². The normalized spacial score (nSPS) is 11.2. The zero-order valence-corrected chi connectivity index (χ0v) is 11.5. The van der Waals surface area contributed by atoms with E-state index in [0.29, 0.717) is 6.61 Å². The molecule has 0 saturated carbocycles. The fourth-order valence-corrected chi connectivity index (χ4v) is 2.49. The number of rotatable bonds is 6. The maximum atomic E-state index is 8.71. The molecule has 0 spiro atoms. The molecule has 1 heterocycles. The van der Waals surface area contributed by atoms with Gasteiger partial charge in [0.05, 0.1) is 0 Å². The SMILES string of the molecule is OCCCCCCn1ccc2cc(Br)ccc21. The maximum absolute atomic E-state index is 8.71. The predicted octanol–water partition coefficient (Wildman–Crippen LogP) is 3.96. The number of unbranched alkanes of at least 4 members (excludes halogenated alkanes) is 3. The number of nitrogens with zero attached hydrogens (tertiary/aromatic N) is 1. The first kappa shape index (κ1) is 12.7. The van der Waals surface area contributed by atoms with Gasteiger partial charge >= 0.3 is 0 Å². The van der Waals surface area contributed by atoms with Crippen molar-refractivity contribution >= 4 is 26.8 Å². The van der Waals surface area contributed by atoms with Crippen LogP contribution in [0.4, 0.5) is 0 Å². The van der Waals surface area contributed by atoms with Gasteiger partial charge in [0.2, 0.25) is 0 Å². The summed E-state index contributed by atoms with van der Waals surface area (Å²) in [6.07, 6.45) is 6.58. The Labute approximate surface area is 110 Å². The van der Waals surface area contributed by atoms with Gasteiger partial charge in [0, 0.05) is 34.7 Å². The lowest BCUT2D eigenvalue weighted by atomic mass is 10.2. The molecule has 0 radical (unpaired) electrons. The first-order chi connectivity index (χ1) is 8.31. The minimum absolute atomic E-state index is 0.320. The van der Waals surface area contributed by atoms with Gasteiger partial charge < -0.3 is 9.67 Å². The van der Waals surface area contributed by atoms with E-state index < -0.39 is 0 Å². The van der Waals surface area contributed by atoms with E-state index in [2.05, 4.69) is 51.0 Å². The number of fused-ring (bicyclic) bond motifs is 1. The van der Waals surface area contributed by atoms with Gasteiger partial charge in [-0.3, -0.25) is 0 Å². The third kappa shape index (κ3) is 3.33. The number of hydrogen-bond acceptors (Lipinski definition) is 1. The first-order valence-electron chi connectivity index (χ1n) is 6.16. The highest BCUT2D eigenvalue weighted by Crippen LogP contribution is 2.21. The molecule has 3 heteroatoms. The molecule has 0 aliphatic rings. The molecule has 0 aliphatic carbocycles. The third-order valence-electron chi connectivity index (χ3n) is 3.04. The maximum Gasteiger partial charge on any atom is 0.0481 e. The Bertz CT molecular complexity index is 478. The second-order valence-electron chi connectivity index (χ2n) is 4.35. The predicted molar refractivity (Wildman–Crippen MR) is 75.2 cm³/mol. The molecular formula is C14H18BrNO. The summed E-state index contributed by atoms with van der Waals surface area (Å²) in [5.74, 6) is 0. The summed E-state index contributed by atoms with van der Waals surface area (Å²) >= 11 is 3.49. The quantitative estimate of drug-likeness (QED) is 0.802. The summed E-state index contributed by atoms with van der Waals surface area (Å²) in [7, 11) is 0. The van der Waals surface area contributed by atoms with Crippen molar-refractivity contribution < 1.29 is 5.11 Å². The van der Waals surface area contributed by atoms with Crippen LogP contribution in [0.1, 0.15) is 25.7 Å². The topological polar surface area (TPSA) is 25.2 Å². The van der Waals surface area contributed by atoms with Crippen LogP contribution in [-0.2, 0) is 6.54 Å². The Balaban J connectivity index is 1.95. The van der Waals surface area contributed by atoms with Crippen molar-refractivity contribution in [2.75, 3.05) is 6.61 Å². The van der Waals surface area contributed by atoms with Gasteiger partial charge in [-0.15, -0.1) is 0 Å². The molecule has 2 nitrogen and oxygen atoms in total. The molecular weight excluding hydrogens is 278 g/mol. The summed E-state index contributed by atoms with van der Waals surface area (Å²) < 4.78 is 3.44. The summed E-state index contributed by atoms with van der Waals surface area (Å²) in [5.41, 5.74) is 1.30. The second-order valence-corrected chi connectivity index (χ2v) is 5.27. The van der Waals surface area contributed by atoms with Crippen molar-refractivity contribution in [2.24, 2.45) is 0 Å². The van der Waals surface area contributed by atoms with Gasteiger partial charge in [-0.1, -0.05) is 28.8 Å². The zero-order valence-electron chi connectivity index (χ0n) is 9.90. The molecule has 17 heavy (non-hydrogen) atoms. The Morgan fingerprint density at radius 2 is 1.88 bits per heavy atom. The van der Waals surface area contributed by atoms with Crippen LogP contribution in [-0.4, -0.2) is 16.3 Å². The van der Waals surface area contributed by atoms with E-state index in [1.54, 1.807) is 0 Å².